The molecule has 4 rings (SSSR count). The summed E-state index contributed by atoms with van der Waals surface area (Å²) in [6, 6.07) is 17.2. The van der Waals surface area contributed by atoms with Crippen LogP contribution in [0, 0.1) is 0 Å². The van der Waals surface area contributed by atoms with E-state index in [1.54, 1.807) is 0 Å². The van der Waals surface area contributed by atoms with Crippen molar-refractivity contribution >= 4 is 11.0 Å². The van der Waals surface area contributed by atoms with Gasteiger partial charge in [-0.05, 0) is 42.7 Å². The molecule has 2 aromatic carbocycles. The largest absolute Gasteiger partial charge is 0.490 e. The first-order valence-corrected chi connectivity index (χ1v) is 7.23. The molecule has 0 bridgehead atoms. The van der Waals surface area contributed by atoms with E-state index in [0.29, 0.717) is 11.9 Å². The molecular formula is C18H16O3. The van der Waals surface area contributed by atoms with E-state index in [2.05, 4.69) is 0 Å². The molecule has 0 aliphatic heterocycles. The summed E-state index contributed by atoms with van der Waals surface area (Å²) in [6.07, 6.45) is 1.91. The molecule has 1 aliphatic rings. The summed E-state index contributed by atoms with van der Waals surface area (Å²) in [5.74, 6) is 1.42. The van der Waals surface area contributed by atoms with Crippen LogP contribution >= 0.6 is 0 Å². The van der Waals surface area contributed by atoms with Crippen molar-refractivity contribution < 1.29 is 14.3 Å². The Kier molecular flexibility index (Phi) is 2.93. The van der Waals surface area contributed by atoms with Gasteiger partial charge in [0.25, 0.3) is 0 Å². The first-order chi connectivity index (χ1) is 10.3. The average molecular weight is 280 g/mol. The monoisotopic (exact) mass is 280 g/mol. The molecule has 3 heteroatoms. The van der Waals surface area contributed by atoms with Gasteiger partial charge in [0.05, 0.1) is 6.10 Å². The molecule has 0 spiro atoms. The van der Waals surface area contributed by atoms with Gasteiger partial charge >= 0.3 is 0 Å². The minimum Gasteiger partial charge on any atom is -0.490 e. The molecule has 1 saturated carbocycles. The van der Waals surface area contributed by atoms with Gasteiger partial charge in [0.1, 0.15) is 23.2 Å². The molecule has 1 aromatic heterocycles. The van der Waals surface area contributed by atoms with Crippen LogP contribution < -0.4 is 4.74 Å². The van der Waals surface area contributed by atoms with E-state index in [4.69, 9.17) is 9.15 Å². The normalized spacial score (nSPS) is 16.0. The van der Waals surface area contributed by atoms with Gasteiger partial charge in [-0.15, -0.1) is 0 Å². The minimum atomic E-state index is -0.757. The minimum absolute atomic E-state index is 0.385. The lowest BCUT2D eigenvalue weighted by atomic mass is 10.1. The standard InChI is InChI=1S/C18H16O3/c19-18(17-11-13-3-1-2-4-16(13)21-17)12-5-7-14(8-6-12)20-15-9-10-15/h1-8,11,15,18-19H,9-10H2. The third-order valence-electron chi connectivity index (χ3n) is 3.74. The SMILES string of the molecule is OC(c1ccc(OC2CC2)cc1)c1cc2ccccc2o1. The van der Waals surface area contributed by atoms with Gasteiger partial charge in [-0.3, -0.25) is 0 Å². The molecule has 1 atom stereocenters. The van der Waals surface area contributed by atoms with Crippen molar-refractivity contribution in [2.45, 2.75) is 25.0 Å². The molecule has 1 heterocycles. The number of aliphatic hydroxyl groups is 1. The van der Waals surface area contributed by atoms with Gasteiger partial charge in [0.2, 0.25) is 0 Å². The average Bonchev–Trinajstić information content (AvgIpc) is 3.22. The van der Waals surface area contributed by atoms with Crippen molar-refractivity contribution in [2.24, 2.45) is 0 Å². The number of ether oxygens (including phenoxy) is 1. The molecule has 1 aliphatic carbocycles. The van der Waals surface area contributed by atoms with Crippen molar-refractivity contribution in [1.29, 1.82) is 0 Å². The summed E-state index contributed by atoms with van der Waals surface area (Å²) in [4.78, 5) is 0. The zero-order valence-corrected chi connectivity index (χ0v) is 11.5. The van der Waals surface area contributed by atoms with Crippen LogP contribution in [-0.4, -0.2) is 11.2 Å². The van der Waals surface area contributed by atoms with E-state index in [9.17, 15) is 5.11 Å². The summed E-state index contributed by atoms with van der Waals surface area (Å²) in [5, 5.41) is 11.4. The summed E-state index contributed by atoms with van der Waals surface area (Å²) in [7, 11) is 0. The topological polar surface area (TPSA) is 42.6 Å². The lowest BCUT2D eigenvalue weighted by Gasteiger charge is -2.09. The van der Waals surface area contributed by atoms with Gasteiger partial charge < -0.3 is 14.3 Å². The Labute approximate surface area is 122 Å². The highest BCUT2D eigenvalue weighted by Gasteiger charge is 2.23. The second-order valence-electron chi connectivity index (χ2n) is 5.48. The maximum absolute atomic E-state index is 10.4. The van der Waals surface area contributed by atoms with E-state index >= 15 is 0 Å². The lowest BCUT2D eigenvalue weighted by molar-refractivity contribution is 0.192. The number of furan rings is 1. The third-order valence-corrected chi connectivity index (χ3v) is 3.74. The molecule has 0 saturated heterocycles. The summed E-state index contributed by atoms with van der Waals surface area (Å²) < 4.78 is 11.4. The zero-order chi connectivity index (χ0) is 14.2. The van der Waals surface area contributed by atoms with Crippen LogP contribution in [0.15, 0.2) is 59.0 Å². The van der Waals surface area contributed by atoms with Crippen LogP contribution in [0.1, 0.15) is 30.3 Å². The second kappa shape index (κ2) is 4.93. The van der Waals surface area contributed by atoms with E-state index in [1.165, 1.54) is 0 Å². The van der Waals surface area contributed by atoms with Crippen LogP contribution in [0.2, 0.25) is 0 Å². The fourth-order valence-electron chi connectivity index (χ4n) is 2.41. The van der Waals surface area contributed by atoms with E-state index in [0.717, 1.165) is 35.1 Å². The van der Waals surface area contributed by atoms with Gasteiger partial charge in [-0.2, -0.15) is 0 Å². The molecular weight excluding hydrogens is 264 g/mol. The smallest absolute Gasteiger partial charge is 0.138 e. The Morgan fingerprint density at radius 1 is 1.05 bits per heavy atom. The first kappa shape index (κ1) is 12.5. The number of hydrogen-bond acceptors (Lipinski definition) is 3. The quantitative estimate of drug-likeness (QED) is 0.783. The summed E-state index contributed by atoms with van der Waals surface area (Å²) in [6.45, 7) is 0. The summed E-state index contributed by atoms with van der Waals surface area (Å²) >= 11 is 0. The highest BCUT2D eigenvalue weighted by atomic mass is 16.5. The van der Waals surface area contributed by atoms with Gasteiger partial charge in [0.15, 0.2) is 0 Å². The van der Waals surface area contributed by atoms with Crippen LogP contribution in [0.5, 0.6) is 5.75 Å². The molecule has 1 unspecified atom stereocenters. The van der Waals surface area contributed by atoms with Gasteiger partial charge in [-0.1, -0.05) is 30.3 Å². The number of rotatable bonds is 4. The van der Waals surface area contributed by atoms with Crippen molar-refractivity contribution in [3.63, 3.8) is 0 Å². The van der Waals surface area contributed by atoms with E-state index < -0.39 is 6.10 Å². The molecule has 3 aromatic rings. The van der Waals surface area contributed by atoms with Crippen molar-refractivity contribution in [3.8, 4) is 5.75 Å². The highest BCUT2D eigenvalue weighted by Crippen LogP contribution is 2.30. The Hall–Kier alpha value is -2.26. The zero-order valence-electron chi connectivity index (χ0n) is 11.5. The molecule has 0 amide bonds. The second-order valence-corrected chi connectivity index (χ2v) is 5.48. The fourth-order valence-corrected chi connectivity index (χ4v) is 2.41. The maximum Gasteiger partial charge on any atom is 0.138 e. The molecule has 3 nitrogen and oxygen atoms in total. The molecule has 106 valence electrons. The predicted molar refractivity (Wildman–Crippen MR) is 80.4 cm³/mol. The van der Waals surface area contributed by atoms with E-state index in [-0.39, 0.29) is 0 Å². The van der Waals surface area contributed by atoms with Crippen LogP contribution in [0.3, 0.4) is 0 Å². The van der Waals surface area contributed by atoms with Gasteiger partial charge in [0, 0.05) is 5.39 Å². The molecule has 1 N–H and O–H groups in total. The number of aliphatic hydroxyl groups excluding tert-OH is 1. The number of hydrogen-bond donors (Lipinski definition) is 1. The molecule has 21 heavy (non-hydrogen) atoms. The number of benzene rings is 2. The highest BCUT2D eigenvalue weighted by molar-refractivity contribution is 5.77. The lowest BCUT2D eigenvalue weighted by Crippen LogP contribution is -1.99. The Bertz CT molecular complexity index is 720. The van der Waals surface area contributed by atoms with Crippen LogP contribution in [-0.2, 0) is 0 Å². The summed E-state index contributed by atoms with van der Waals surface area (Å²) in [5.41, 5.74) is 1.59. The molecule has 1 fully saturated rings. The first-order valence-electron chi connectivity index (χ1n) is 7.23. The third kappa shape index (κ3) is 2.52. The Morgan fingerprint density at radius 3 is 2.52 bits per heavy atom. The fraction of sp³-hybridized carbons (Fsp3) is 0.222. The van der Waals surface area contributed by atoms with Crippen LogP contribution in [0.4, 0.5) is 0 Å². The predicted octanol–water partition coefficient (Wildman–Crippen LogP) is 4.06. The van der Waals surface area contributed by atoms with E-state index in [1.807, 2.05) is 54.6 Å². The number of para-hydroxylation sites is 1. The van der Waals surface area contributed by atoms with Crippen molar-refractivity contribution in [3.05, 3.63) is 65.9 Å². The van der Waals surface area contributed by atoms with Crippen molar-refractivity contribution in [1.82, 2.24) is 0 Å². The van der Waals surface area contributed by atoms with Crippen LogP contribution in [0.25, 0.3) is 11.0 Å². The van der Waals surface area contributed by atoms with Crippen molar-refractivity contribution in [2.75, 3.05) is 0 Å². The Morgan fingerprint density at radius 2 is 1.81 bits per heavy atom. The number of fused-ring (bicyclic) bond motifs is 1. The Balaban J connectivity index is 1.59. The molecule has 0 radical (unpaired) electrons. The maximum atomic E-state index is 10.4. The van der Waals surface area contributed by atoms with Gasteiger partial charge in [-0.25, -0.2) is 0 Å².